The van der Waals surface area contributed by atoms with Crippen LogP contribution < -0.4 is 0 Å². The second-order valence-corrected chi connectivity index (χ2v) is 6.33. The van der Waals surface area contributed by atoms with Crippen molar-refractivity contribution in [2.75, 3.05) is 7.11 Å². The molecule has 2 rings (SSSR count). The van der Waals surface area contributed by atoms with Gasteiger partial charge < -0.3 is 9.84 Å². The second kappa shape index (κ2) is 6.83. The maximum Gasteiger partial charge on any atom is 0.347 e. The Morgan fingerprint density at radius 3 is 2.81 bits per heavy atom. The van der Waals surface area contributed by atoms with Crippen molar-refractivity contribution in [2.24, 2.45) is 5.92 Å². The highest BCUT2D eigenvalue weighted by atomic mass is 32.1. The normalized spacial score (nSPS) is 11.0. The average Bonchev–Trinajstić information content (AvgIpc) is 2.83. The highest BCUT2D eigenvalue weighted by Crippen LogP contribution is 2.30. The first-order valence-corrected chi connectivity index (χ1v) is 7.64. The fraction of sp³-hybridized carbons (Fsp3) is 0.375. The van der Waals surface area contributed by atoms with Crippen LogP contribution in [0, 0.1) is 5.92 Å². The Morgan fingerprint density at radius 1 is 1.43 bits per heavy atom. The molecule has 4 nitrogen and oxygen atoms in total. The Kier molecular flexibility index (Phi) is 5.09. The van der Waals surface area contributed by atoms with Crippen molar-refractivity contribution in [1.82, 2.24) is 4.98 Å². The van der Waals surface area contributed by atoms with E-state index in [0.29, 0.717) is 29.5 Å². The lowest BCUT2D eigenvalue weighted by Crippen LogP contribution is -2.02. The summed E-state index contributed by atoms with van der Waals surface area (Å²) in [5, 5.41) is 10.1. The maximum atomic E-state index is 11.4. The third-order valence-corrected chi connectivity index (χ3v) is 4.11. The van der Waals surface area contributed by atoms with Crippen LogP contribution in [0.15, 0.2) is 24.3 Å². The minimum absolute atomic E-state index is 0.343. The Balaban J connectivity index is 2.39. The molecule has 0 atom stereocenters. The van der Waals surface area contributed by atoms with Crippen molar-refractivity contribution in [1.29, 1.82) is 0 Å². The van der Waals surface area contributed by atoms with Gasteiger partial charge in [-0.15, -0.1) is 11.3 Å². The number of methoxy groups -OCH3 is 1. The summed E-state index contributed by atoms with van der Waals surface area (Å²) in [5.41, 5.74) is 2.66. The fourth-order valence-electron chi connectivity index (χ4n) is 2.13. The number of hydrogen-bond donors (Lipinski definition) is 1. The number of carboxylic acids is 1. The van der Waals surface area contributed by atoms with Crippen molar-refractivity contribution in [3.05, 3.63) is 40.4 Å². The number of hydrogen-bond acceptors (Lipinski definition) is 4. The van der Waals surface area contributed by atoms with E-state index in [4.69, 9.17) is 4.74 Å². The molecule has 0 spiro atoms. The summed E-state index contributed by atoms with van der Waals surface area (Å²) in [5.74, 6) is -0.527. The van der Waals surface area contributed by atoms with Crippen LogP contribution in [0.3, 0.4) is 0 Å². The van der Waals surface area contributed by atoms with Crippen LogP contribution in [0.5, 0.6) is 0 Å². The molecule has 112 valence electrons. The molecule has 0 radical (unpaired) electrons. The summed E-state index contributed by atoms with van der Waals surface area (Å²) in [6.45, 7) is 4.65. The molecule has 2 aromatic rings. The van der Waals surface area contributed by atoms with Gasteiger partial charge >= 0.3 is 5.97 Å². The van der Waals surface area contributed by atoms with Gasteiger partial charge in [0.1, 0.15) is 9.88 Å². The van der Waals surface area contributed by atoms with Gasteiger partial charge in [0, 0.05) is 12.7 Å². The number of ether oxygens (including phenoxy) is 1. The van der Waals surface area contributed by atoms with Gasteiger partial charge in [-0.3, -0.25) is 0 Å². The SMILES string of the molecule is COCc1cccc(-c2nc(CC(C)C)c(C(=O)O)s2)c1. The molecule has 1 aromatic heterocycles. The summed E-state index contributed by atoms with van der Waals surface area (Å²) >= 11 is 1.24. The smallest absolute Gasteiger partial charge is 0.347 e. The third kappa shape index (κ3) is 3.89. The topological polar surface area (TPSA) is 59.4 Å². The van der Waals surface area contributed by atoms with Crippen LogP contribution in [0.4, 0.5) is 0 Å². The Morgan fingerprint density at radius 2 is 2.19 bits per heavy atom. The predicted octanol–water partition coefficient (Wildman–Crippen LogP) is 3.85. The molecule has 5 heteroatoms. The van der Waals surface area contributed by atoms with Crippen molar-refractivity contribution in [2.45, 2.75) is 26.9 Å². The zero-order chi connectivity index (χ0) is 15.4. The van der Waals surface area contributed by atoms with Gasteiger partial charge in [0.25, 0.3) is 0 Å². The minimum atomic E-state index is -0.901. The lowest BCUT2D eigenvalue weighted by molar-refractivity contribution is 0.0700. The molecule has 1 aromatic carbocycles. The summed E-state index contributed by atoms with van der Waals surface area (Å²) in [4.78, 5) is 16.3. The van der Waals surface area contributed by atoms with Crippen molar-refractivity contribution in [3.63, 3.8) is 0 Å². The molecule has 0 bridgehead atoms. The van der Waals surface area contributed by atoms with E-state index in [1.54, 1.807) is 7.11 Å². The number of carboxylic acid groups (broad SMARTS) is 1. The molecule has 1 N–H and O–H groups in total. The molecule has 0 unspecified atom stereocenters. The Bertz CT molecular complexity index is 634. The van der Waals surface area contributed by atoms with Gasteiger partial charge in [-0.2, -0.15) is 0 Å². The molecular weight excluding hydrogens is 286 g/mol. The van der Waals surface area contributed by atoms with E-state index in [2.05, 4.69) is 18.8 Å². The molecule has 0 aliphatic rings. The number of aromatic nitrogens is 1. The number of benzene rings is 1. The quantitative estimate of drug-likeness (QED) is 0.880. The largest absolute Gasteiger partial charge is 0.477 e. The highest BCUT2D eigenvalue weighted by Gasteiger charge is 2.19. The molecule has 21 heavy (non-hydrogen) atoms. The second-order valence-electron chi connectivity index (χ2n) is 5.33. The van der Waals surface area contributed by atoms with E-state index >= 15 is 0 Å². The van der Waals surface area contributed by atoms with Crippen molar-refractivity contribution >= 4 is 17.3 Å². The number of carbonyl (C=O) groups is 1. The van der Waals surface area contributed by atoms with Gasteiger partial charge in [-0.25, -0.2) is 9.78 Å². The standard InChI is InChI=1S/C16H19NO3S/c1-10(2)7-13-14(16(18)19)21-15(17-13)12-6-4-5-11(8-12)9-20-3/h4-6,8,10H,7,9H2,1-3H3,(H,18,19). The van der Waals surface area contributed by atoms with Crippen LogP contribution in [-0.4, -0.2) is 23.2 Å². The number of rotatable bonds is 6. The molecular formula is C16H19NO3S. The highest BCUT2D eigenvalue weighted by molar-refractivity contribution is 7.17. The molecule has 0 aliphatic carbocycles. The van der Waals surface area contributed by atoms with Gasteiger partial charge in [0.2, 0.25) is 0 Å². The van der Waals surface area contributed by atoms with E-state index in [-0.39, 0.29) is 0 Å². The molecule has 0 aliphatic heterocycles. The average molecular weight is 305 g/mol. The maximum absolute atomic E-state index is 11.4. The summed E-state index contributed by atoms with van der Waals surface area (Å²) in [6.07, 6.45) is 0.676. The zero-order valence-electron chi connectivity index (χ0n) is 12.4. The number of nitrogens with zero attached hydrogens (tertiary/aromatic N) is 1. The molecule has 0 saturated carbocycles. The van der Waals surface area contributed by atoms with E-state index in [1.807, 2.05) is 24.3 Å². The molecule has 0 saturated heterocycles. The summed E-state index contributed by atoms with van der Waals surface area (Å²) in [6, 6.07) is 7.86. The molecule has 0 fully saturated rings. The summed E-state index contributed by atoms with van der Waals surface area (Å²) in [7, 11) is 1.65. The van der Waals surface area contributed by atoms with Crippen molar-refractivity contribution < 1.29 is 14.6 Å². The minimum Gasteiger partial charge on any atom is -0.477 e. The van der Waals surface area contributed by atoms with Gasteiger partial charge in [0.15, 0.2) is 0 Å². The van der Waals surface area contributed by atoms with E-state index in [0.717, 1.165) is 16.1 Å². The van der Waals surface area contributed by atoms with Crippen molar-refractivity contribution in [3.8, 4) is 10.6 Å². The monoisotopic (exact) mass is 305 g/mol. The third-order valence-electron chi connectivity index (χ3n) is 2.98. The van der Waals surface area contributed by atoms with Crippen LogP contribution in [0.1, 0.15) is 34.8 Å². The lowest BCUT2D eigenvalue weighted by Gasteiger charge is -2.02. The van der Waals surface area contributed by atoms with Gasteiger partial charge in [-0.05, 0) is 24.0 Å². The van der Waals surface area contributed by atoms with E-state index in [1.165, 1.54) is 11.3 Å². The lowest BCUT2D eigenvalue weighted by atomic mass is 10.1. The zero-order valence-corrected chi connectivity index (χ0v) is 13.2. The fourth-order valence-corrected chi connectivity index (χ4v) is 3.06. The molecule has 1 heterocycles. The van der Waals surface area contributed by atoms with E-state index < -0.39 is 5.97 Å². The first-order chi connectivity index (χ1) is 10.0. The first kappa shape index (κ1) is 15.7. The Hall–Kier alpha value is -1.72. The predicted molar refractivity (Wildman–Crippen MR) is 83.8 cm³/mol. The van der Waals surface area contributed by atoms with Crippen LogP contribution in [0.25, 0.3) is 10.6 Å². The Labute approximate surface area is 128 Å². The number of thiazole rings is 1. The van der Waals surface area contributed by atoms with Crippen LogP contribution in [0.2, 0.25) is 0 Å². The molecule has 0 amide bonds. The van der Waals surface area contributed by atoms with Crippen LogP contribution in [-0.2, 0) is 17.8 Å². The van der Waals surface area contributed by atoms with Gasteiger partial charge in [0.05, 0.1) is 12.3 Å². The van der Waals surface area contributed by atoms with Gasteiger partial charge in [-0.1, -0.05) is 32.0 Å². The summed E-state index contributed by atoms with van der Waals surface area (Å²) < 4.78 is 5.13. The number of aromatic carboxylic acids is 1. The van der Waals surface area contributed by atoms with Crippen LogP contribution >= 0.6 is 11.3 Å². The first-order valence-electron chi connectivity index (χ1n) is 6.82. The van der Waals surface area contributed by atoms with E-state index in [9.17, 15) is 9.90 Å².